The molecule has 1 spiro atoms. The summed E-state index contributed by atoms with van der Waals surface area (Å²) in [5, 5.41) is 12.8. The first-order chi connectivity index (χ1) is 15.2. The first kappa shape index (κ1) is 22.4. The number of aliphatic hydroxyl groups is 1. The molecule has 0 radical (unpaired) electrons. The number of carbonyl (C=O) groups excluding carboxylic acids is 1. The minimum absolute atomic E-state index is 0.00761. The normalized spacial score (nSPS) is 20.2. The van der Waals surface area contributed by atoms with Crippen molar-refractivity contribution < 1.29 is 27.8 Å². The number of benzene rings is 2. The largest absolute Gasteiger partial charge is 0.494 e. The number of amides is 1. The first-order valence-corrected chi connectivity index (χ1v) is 10.8. The van der Waals surface area contributed by atoms with Crippen LogP contribution in [-0.4, -0.2) is 23.8 Å². The van der Waals surface area contributed by atoms with Crippen LogP contribution < -0.4 is 10.1 Å². The smallest absolute Gasteiger partial charge is 0.389 e. The maximum atomic E-state index is 12.6. The fourth-order valence-corrected chi connectivity index (χ4v) is 4.67. The van der Waals surface area contributed by atoms with Gasteiger partial charge in [0.15, 0.2) is 0 Å². The van der Waals surface area contributed by atoms with Crippen LogP contribution in [0.4, 0.5) is 13.2 Å². The second-order valence-corrected chi connectivity index (χ2v) is 8.60. The minimum atomic E-state index is -4.17. The van der Waals surface area contributed by atoms with Crippen molar-refractivity contribution in [2.24, 2.45) is 0 Å². The van der Waals surface area contributed by atoms with Crippen LogP contribution in [0.5, 0.6) is 5.75 Å². The van der Waals surface area contributed by atoms with Gasteiger partial charge in [-0.3, -0.25) is 4.79 Å². The molecule has 7 heteroatoms. The van der Waals surface area contributed by atoms with Crippen LogP contribution in [-0.2, 0) is 23.4 Å². The Labute approximate surface area is 185 Å². The fraction of sp³-hybridized carbons (Fsp3) is 0.400. The Hall–Kier alpha value is -2.80. The summed E-state index contributed by atoms with van der Waals surface area (Å²) in [4.78, 5) is 12.6. The monoisotopic (exact) mass is 445 g/mol. The second-order valence-electron chi connectivity index (χ2n) is 8.60. The van der Waals surface area contributed by atoms with Crippen LogP contribution in [0.25, 0.3) is 5.57 Å². The summed E-state index contributed by atoms with van der Waals surface area (Å²) < 4.78 is 42.4. The molecule has 2 aromatic carbocycles. The molecule has 32 heavy (non-hydrogen) atoms. The molecule has 1 aliphatic carbocycles. The topological polar surface area (TPSA) is 58.6 Å². The van der Waals surface area contributed by atoms with Crippen LogP contribution in [0.2, 0.25) is 0 Å². The summed E-state index contributed by atoms with van der Waals surface area (Å²) in [6.45, 7) is 1.89. The lowest BCUT2D eigenvalue weighted by Crippen LogP contribution is -2.46. The molecule has 4 rings (SSSR count). The highest BCUT2D eigenvalue weighted by molar-refractivity contribution is 5.98. The number of carbonyl (C=O) groups is 1. The lowest BCUT2D eigenvalue weighted by molar-refractivity contribution is -0.136. The van der Waals surface area contributed by atoms with Crippen molar-refractivity contribution in [1.82, 2.24) is 5.32 Å². The van der Waals surface area contributed by atoms with Crippen molar-refractivity contribution in [3.05, 3.63) is 70.3 Å². The third-order valence-electron chi connectivity index (χ3n) is 6.34. The van der Waals surface area contributed by atoms with Gasteiger partial charge in [0.1, 0.15) is 5.75 Å². The maximum absolute atomic E-state index is 12.6. The number of alkyl halides is 3. The van der Waals surface area contributed by atoms with E-state index in [1.807, 2.05) is 37.3 Å². The standard InChI is InChI=1S/C25H26F3NO3/c1-16-3-4-17(11-20(16)15-30)19-13-23(31)29-24(14-19)9-7-18-12-21(5-6-22(18)24)32-10-2-8-25(26,27)28/h3-6,11-13,30H,2,7-10,14-15H2,1H3,(H,29,31)/t24-/m0/s1. The summed E-state index contributed by atoms with van der Waals surface area (Å²) in [5.41, 5.74) is 5.22. The molecule has 2 aliphatic rings. The molecular formula is C25H26F3NO3. The van der Waals surface area contributed by atoms with Crippen molar-refractivity contribution in [3.8, 4) is 5.75 Å². The Morgan fingerprint density at radius 2 is 2.00 bits per heavy atom. The van der Waals surface area contributed by atoms with Gasteiger partial charge in [-0.2, -0.15) is 13.2 Å². The summed E-state index contributed by atoms with van der Waals surface area (Å²) in [6.07, 6.45) is -1.38. The number of halogens is 3. The van der Waals surface area contributed by atoms with Crippen molar-refractivity contribution >= 4 is 11.5 Å². The highest BCUT2D eigenvalue weighted by Gasteiger charge is 2.42. The Morgan fingerprint density at radius 3 is 2.75 bits per heavy atom. The van der Waals surface area contributed by atoms with Gasteiger partial charge in [0.05, 0.1) is 18.8 Å². The van der Waals surface area contributed by atoms with E-state index in [9.17, 15) is 23.1 Å². The maximum Gasteiger partial charge on any atom is 0.389 e. The van der Waals surface area contributed by atoms with E-state index in [0.717, 1.165) is 46.2 Å². The van der Waals surface area contributed by atoms with E-state index in [4.69, 9.17) is 4.74 Å². The zero-order valence-corrected chi connectivity index (χ0v) is 17.9. The van der Waals surface area contributed by atoms with E-state index in [2.05, 4.69) is 5.32 Å². The molecule has 0 fully saturated rings. The van der Waals surface area contributed by atoms with Gasteiger partial charge in [0, 0.05) is 18.9 Å². The van der Waals surface area contributed by atoms with E-state index in [0.29, 0.717) is 12.2 Å². The summed E-state index contributed by atoms with van der Waals surface area (Å²) in [7, 11) is 0. The zero-order valence-electron chi connectivity index (χ0n) is 17.9. The number of fused-ring (bicyclic) bond motifs is 2. The number of aliphatic hydroxyl groups excluding tert-OH is 1. The van der Waals surface area contributed by atoms with Gasteiger partial charge in [0.2, 0.25) is 5.91 Å². The predicted octanol–water partition coefficient (Wildman–Crippen LogP) is 4.95. The molecule has 1 aliphatic heterocycles. The highest BCUT2D eigenvalue weighted by Crippen LogP contribution is 2.46. The summed E-state index contributed by atoms with van der Waals surface area (Å²) in [6, 6.07) is 11.4. The molecular weight excluding hydrogens is 419 g/mol. The van der Waals surface area contributed by atoms with Gasteiger partial charge in [-0.25, -0.2) is 0 Å². The number of rotatable bonds is 6. The molecule has 0 saturated heterocycles. The van der Waals surface area contributed by atoms with Crippen LogP contribution in [0.3, 0.4) is 0 Å². The Kier molecular flexibility index (Phi) is 6.03. The lowest BCUT2D eigenvalue weighted by atomic mass is 9.80. The third kappa shape index (κ3) is 4.67. The molecule has 2 N–H and O–H groups in total. The Morgan fingerprint density at radius 1 is 1.19 bits per heavy atom. The van der Waals surface area contributed by atoms with Gasteiger partial charge in [-0.05, 0) is 77.8 Å². The van der Waals surface area contributed by atoms with E-state index >= 15 is 0 Å². The zero-order chi connectivity index (χ0) is 22.9. The molecule has 170 valence electrons. The molecule has 1 atom stereocenters. The van der Waals surface area contributed by atoms with Gasteiger partial charge in [0.25, 0.3) is 0 Å². The van der Waals surface area contributed by atoms with Gasteiger partial charge in [-0.1, -0.05) is 18.2 Å². The van der Waals surface area contributed by atoms with Crippen molar-refractivity contribution in [2.45, 2.75) is 57.3 Å². The summed E-state index contributed by atoms with van der Waals surface area (Å²) in [5.74, 6) is 0.393. The fourth-order valence-electron chi connectivity index (χ4n) is 4.67. The minimum Gasteiger partial charge on any atom is -0.494 e. The molecule has 4 nitrogen and oxygen atoms in total. The number of nitrogens with one attached hydrogen (secondary N) is 1. The van der Waals surface area contributed by atoms with Crippen molar-refractivity contribution in [1.29, 1.82) is 0 Å². The molecule has 0 aromatic heterocycles. The van der Waals surface area contributed by atoms with Gasteiger partial charge in [-0.15, -0.1) is 0 Å². The third-order valence-corrected chi connectivity index (χ3v) is 6.34. The molecule has 1 amide bonds. The molecule has 0 bridgehead atoms. The van der Waals surface area contributed by atoms with Crippen LogP contribution in [0, 0.1) is 6.92 Å². The van der Waals surface area contributed by atoms with E-state index in [1.165, 1.54) is 0 Å². The predicted molar refractivity (Wildman–Crippen MR) is 115 cm³/mol. The first-order valence-electron chi connectivity index (χ1n) is 10.8. The number of hydrogen-bond acceptors (Lipinski definition) is 3. The average molecular weight is 445 g/mol. The quantitative estimate of drug-likeness (QED) is 0.619. The Balaban J connectivity index is 1.52. The molecule has 0 saturated carbocycles. The number of aryl methyl sites for hydroxylation is 2. The number of ether oxygens (including phenoxy) is 1. The van der Waals surface area contributed by atoms with E-state index < -0.39 is 18.1 Å². The summed E-state index contributed by atoms with van der Waals surface area (Å²) >= 11 is 0. The van der Waals surface area contributed by atoms with Crippen LogP contribution in [0.1, 0.15) is 53.5 Å². The van der Waals surface area contributed by atoms with E-state index in [-0.39, 0.29) is 25.5 Å². The van der Waals surface area contributed by atoms with E-state index in [1.54, 1.807) is 12.1 Å². The molecule has 2 aromatic rings. The van der Waals surface area contributed by atoms with Crippen LogP contribution in [0.15, 0.2) is 42.5 Å². The number of hydrogen-bond donors (Lipinski definition) is 2. The second kappa shape index (κ2) is 8.62. The van der Waals surface area contributed by atoms with Crippen LogP contribution >= 0.6 is 0 Å². The highest BCUT2D eigenvalue weighted by atomic mass is 19.4. The average Bonchev–Trinajstić information content (AvgIpc) is 3.07. The SMILES string of the molecule is Cc1ccc(C2=CC(=O)N[C@@]3(CCc4cc(OCCCC(F)(F)F)ccc43)C2)cc1CO. The van der Waals surface area contributed by atoms with Crippen molar-refractivity contribution in [2.75, 3.05) is 6.61 Å². The van der Waals surface area contributed by atoms with Gasteiger partial charge >= 0.3 is 6.18 Å². The van der Waals surface area contributed by atoms with Crippen molar-refractivity contribution in [3.63, 3.8) is 0 Å². The molecule has 0 unspecified atom stereocenters. The lowest BCUT2D eigenvalue weighted by Gasteiger charge is -2.36. The Bertz CT molecular complexity index is 1060. The molecule has 1 heterocycles. The van der Waals surface area contributed by atoms with Gasteiger partial charge < -0.3 is 15.2 Å².